The molecule has 0 amide bonds. The van der Waals surface area contributed by atoms with Gasteiger partial charge in [0, 0.05) is 11.1 Å². The minimum atomic E-state index is -0.761. The quantitative estimate of drug-likeness (QED) is 0.188. The molecule has 220 valence electrons. The number of esters is 2. The highest BCUT2D eigenvalue weighted by Crippen LogP contribution is 2.31. The van der Waals surface area contributed by atoms with Crippen LogP contribution in [0.1, 0.15) is 58.1 Å². The zero-order chi connectivity index (χ0) is 29.4. The van der Waals surface area contributed by atoms with Gasteiger partial charge in [-0.25, -0.2) is 9.59 Å². The van der Waals surface area contributed by atoms with Gasteiger partial charge in [0.05, 0.1) is 0 Å². The SMILES string of the molecule is CC(C)[C@H](N)C(=O)Oc1ccc(/C=C2\CCCC(C(=O)/C=C/c3ccccc3OC(=O)[C@@H](N)C(C)C)=C2O)cc1.Cl. The van der Waals surface area contributed by atoms with Gasteiger partial charge < -0.3 is 26.0 Å². The van der Waals surface area contributed by atoms with Crippen molar-refractivity contribution in [1.29, 1.82) is 0 Å². The number of carbonyl (C=O) groups excluding carboxylic acids is 3. The monoisotopic (exact) mass is 582 g/mol. The van der Waals surface area contributed by atoms with Crippen molar-refractivity contribution in [3.05, 3.63) is 82.6 Å². The number of para-hydroxylation sites is 1. The van der Waals surface area contributed by atoms with Gasteiger partial charge in [0.25, 0.3) is 0 Å². The minimum absolute atomic E-state index is 0. The molecule has 5 N–H and O–H groups in total. The highest BCUT2D eigenvalue weighted by Gasteiger charge is 2.23. The molecule has 0 unspecified atom stereocenters. The van der Waals surface area contributed by atoms with E-state index in [1.807, 2.05) is 33.8 Å². The fourth-order valence-corrected chi connectivity index (χ4v) is 3.98. The number of hydrogen-bond donors (Lipinski definition) is 3. The molecule has 0 aromatic heterocycles. The minimum Gasteiger partial charge on any atom is -0.507 e. The standard InChI is InChI=1S/C32H38N2O6.ClH/c1-19(2)28(33)31(37)39-24-15-12-21(13-16-24)18-23-9-7-10-25(30(23)36)26(35)17-14-22-8-5-6-11-27(22)40-32(38)29(34)20(3)4;/h5-6,8,11-20,28-29,36H,7,9-10,33-34H2,1-4H3;1H/b17-14+,23-18+;/t28-,29-;/m0./s1. The summed E-state index contributed by atoms with van der Waals surface area (Å²) in [5.41, 5.74) is 14.0. The van der Waals surface area contributed by atoms with E-state index in [4.69, 9.17) is 20.9 Å². The van der Waals surface area contributed by atoms with E-state index in [0.717, 1.165) is 5.56 Å². The van der Waals surface area contributed by atoms with Crippen molar-refractivity contribution in [1.82, 2.24) is 0 Å². The molecule has 0 heterocycles. The summed E-state index contributed by atoms with van der Waals surface area (Å²) >= 11 is 0. The van der Waals surface area contributed by atoms with Gasteiger partial charge in [0.15, 0.2) is 5.78 Å². The summed E-state index contributed by atoms with van der Waals surface area (Å²) in [6.07, 6.45) is 6.50. The lowest BCUT2D eigenvalue weighted by atomic mass is 9.89. The lowest BCUT2D eigenvalue weighted by Gasteiger charge is -2.18. The van der Waals surface area contributed by atoms with Gasteiger partial charge in [-0.05, 0) is 78.7 Å². The molecule has 41 heavy (non-hydrogen) atoms. The summed E-state index contributed by atoms with van der Waals surface area (Å²) < 4.78 is 10.8. The Bertz CT molecular complexity index is 1330. The Balaban J connectivity index is 0.00000588. The van der Waals surface area contributed by atoms with Crippen LogP contribution >= 0.6 is 12.4 Å². The summed E-state index contributed by atoms with van der Waals surface area (Å²) in [6, 6.07) is 12.3. The van der Waals surface area contributed by atoms with Crippen LogP contribution in [0.2, 0.25) is 0 Å². The van der Waals surface area contributed by atoms with Crippen molar-refractivity contribution in [3.63, 3.8) is 0 Å². The Morgan fingerprint density at radius 1 is 0.854 bits per heavy atom. The van der Waals surface area contributed by atoms with Crippen LogP contribution < -0.4 is 20.9 Å². The number of nitrogens with two attached hydrogens (primary N) is 2. The Hall–Kier alpha value is -3.72. The van der Waals surface area contributed by atoms with Crippen LogP contribution in [-0.4, -0.2) is 34.9 Å². The average molecular weight is 583 g/mol. The molecular formula is C32H39ClN2O6. The maximum Gasteiger partial charge on any atom is 0.328 e. The second-order valence-electron chi connectivity index (χ2n) is 10.5. The molecule has 0 saturated carbocycles. The van der Waals surface area contributed by atoms with E-state index in [2.05, 4.69) is 0 Å². The molecule has 0 spiro atoms. The first-order chi connectivity index (χ1) is 19.0. The second-order valence-corrected chi connectivity index (χ2v) is 10.5. The molecule has 0 radical (unpaired) electrons. The van der Waals surface area contributed by atoms with E-state index in [9.17, 15) is 19.5 Å². The lowest BCUT2D eigenvalue weighted by Crippen LogP contribution is -2.38. The van der Waals surface area contributed by atoms with Gasteiger partial charge in [0.2, 0.25) is 0 Å². The summed E-state index contributed by atoms with van der Waals surface area (Å²) in [4.78, 5) is 37.5. The van der Waals surface area contributed by atoms with Gasteiger partial charge in [-0.15, -0.1) is 12.4 Å². The van der Waals surface area contributed by atoms with Gasteiger partial charge in [-0.3, -0.25) is 4.79 Å². The maximum absolute atomic E-state index is 13.0. The molecule has 2 atom stereocenters. The number of aliphatic hydroxyl groups is 1. The number of carbonyl (C=O) groups is 3. The number of benzene rings is 2. The van der Waals surface area contributed by atoms with Gasteiger partial charge in [-0.2, -0.15) is 0 Å². The first-order valence-electron chi connectivity index (χ1n) is 13.5. The normalized spacial score (nSPS) is 16.0. The van der Waals surface area contributed by atoms with Crippen LogP contribution in [-0.2, 0) is 14.4 Å². The Morgan fingerprint density at radius 3 is 2.05 bits per heavy atom. The Kier molecular flexibility index (Phi) is 12.5. The van der Waals surface area contributed by atoms with Crippen molar-refractivity contribution in [2.75, 3.05) is 0 Å². The van der Waals surface area contributed by atoms with Crippen molar-refractivity contribution in [2.24, 2.45) is 23.3 Å². The second kappa shape index (κ2) is 15.3. The third-order valence-electron chi connectivity index (χ3n) is 6.72. The Morgan fingerprint density at radius 2 is 1.44 bits per heavy atom. The smallest absolute Gasteiger partial charge is 0.328 e. The van der Waals surface area contributed by atoms with Crippen LogP contribution in [0.25, 0.3) is 12.2 Å². The van der Waals surface area contributed by atoms with Crippen molar-refractivity contribution in [3.8, 4) is 11.5 Å². The summed E-state index contributed by atoms with van der Waals surface area (Å²) in [6.45, 7) is 7.36. The topological polar surface area (TPSA) is 142 Å². The Labute approximate surface area is 247 Å². The molecule has 9 heteroatoms. The predicted octanol–water partition coefficient (Wildman–Crippen LogP) is 5.55. The van der Waals surface area contributed by atoms with E-state index >= 15 is 0 Å². The molecule has 1 aliphatic rings. The first kappa shape index (κ1) is 33.5. The first-order valence-corrected chi connectivity index (χ1v) is 13.5. The van der Waals surface area contributed by atoms with Crippen molar-refractivity contribution >= 4 is 42.3 Å². The largest absolute Gasteiger partial charge is 0.507 e. The zero-order valence-corrected chi connectivity index (χ0v) is 24.6. The third-order valence-corrected chi connectivity index (χ3v) is 6.72. The maximum atomic E-state index is 13.0. The molecule has 0 fully saturated rings. The number of aliphatic hydroxyl groups excluding tert-OH is 1. The van der Waals surface area contributed by atoms with E-state index in [0.29, 0.717) is 47.5 Å². The highest BCUT2D eigenvalue weighted by molar-refractivity contribution is 6.07. The molecule has 2 aromatic carbocycles. The van der Waals surface area contributed by atoms with E-state index < -0.39 is 24.0 Å². The number of ether oxygens (including phenoxy) is 2. The average Bonchev–Trinajstić information content (AvgIpc) is 2.93. The molecule has 1 aliphatic carbocycles. The molecular weight excluding hydrogens is 544 g/mol. The van der Waals surface area contributed by atoms with Gasteiger partial charge >= 0.3 is 11.9 Å². The van der Waals surface area contributed by atoms with Gasteiger partial charge in [0.1, 0.15) is 29.3 Å². The number of allylic oxidation sites excluding steroid dienone is 3. The lowest BCUT2D eigenvalue weighted by molar-refractivity contribution is -0.137. The fourth-order valence-electron chi connectivity index (χ4n) is 3.98. The van der Waals surface area contributed by atoms with Crippen LogP contribution in [0.5, 0.6) is 11.5 Å². The molecule has 3 rings (SSSR count). The van der Waals surface area contributed by atoms with Crippen LogP contribution in [0.4, 0.5) is 0 Å². The van der Waals surface area contributed by atoms with Crippen molar-refractivity contribution in [2.45, 2.75) is 59.0 Å². The molecule has 0 bridgehead atoms. The third kappa shape index (κ3) is 9.14. The highest BCUT2D eigenvalue weighted by atomic mass is 35.5. The summed E-state index contributed by atoms with van der Waals surface area (Å²) in [7, 11) is 0. The molecule has 0 saturated heterocycles. The van der Waals surface area contributed by atoms with E-state index in [1.165, 1.54) is 6.08 Å². The fraction of sp³-hybridized carbons (Fsp3) is 0.344. The van der Waals surface area contributed by atoms with E-state index in [1.54, 1.807) is 54.6 Å². The van der Waals surface area contributed by atoms with Gasteiger partial charge in [-0.1, -0.05) is 58.0 Å². The molecule has 0 aliphatic heterocycles. The van der Waals surface area contributed by atoms with E-state index in [-0.39, 0.29) is 35.8 Å². The zero-order valence-electron chi connectivity index (χ0n) is 23.8. The van der Waals surface area contributed by atoms with Crippen LogP contribution in [0.15, 0.2) is 71.5 Å². The number of halogens is 1. The summed E-state index contributed by atoms with van der Waals surface area (Å²) in [5, 5.41) is 10.9. The van der Waals surface area contributed by atoms with Crippen molar-refractivity contribution < 1.29 is 29.0 Å². The van der Waals surface area contributed by atoms with Crippen LogP contribution in [0, 0.1) is 11.8 Å². The number of rotatable bonds is 10. The summed E-state index contributed by atoms with van der Waals surface area (Å²) in [5.74, 6) is -0.844. The van der Waals surface area contributed by atoms with Crippen LogP contribution in [0.3, 0.4) is 0 Å². The number of ketones is 1. The molecule has 2 aromatic rings. The number of hydrogen-bond acceptors (Lipinski definition) is 8. The molecule has 8 nitrogen and oxygen atoms in total. The predicted molar refractivity (Wildman–Crippen MR) is 163 cm³/mol.